The zero-order valence-electron chi connectivity index (χ0n) is 9.37. The summed E-state index contributed by atoms with van der Waals surface area (Å²) in [5.41, 5.74) is 9.51. The van der Waals surface area contributed by atoms with Gasteiger partial charge in [0.2, 0.25) is 0 Å². The summed E-state index contributed by atoms with van der Waals surface area (Å²) in [7, 11) is 0. The second-order valence-electron chi connectivity index (χ2n) is 5.46. The van der Waals surface area contributed by atoms with Crippen molar-refractivity contribution in [3.05, 3.63) is 35.4 Å². The molecule has 0 aliphatic heterocycles. The molecule has 1 nitrogen and oxygen atoms in total. The summed E-state index contributed by atoms with van der Waals surface area (Å²) in [6.45, 7) is 2.19. The van der Waals surface area contributed by atoms with E-state index in [0.29, 0.717) is 11.5 Å². The Morgan fingerprint density at radius 1 is 1.40 bits per heavy atom. The van der Waals surface area contributed by atoms with E-state index in [2.05, 4.69) is 31.2 Å². The van der Waals surface area contributed by atoms with Gasteiger partial charge in [-0.2, -0.15) is 0 Å². The van der Waals surface area contributed by atoms with Crippen LogP contribution in [0.15, 0.2) is 24.3 Å². The van der Waals surface area contributed by atoms with Crippen LogP contribution < -0.4 is 5.73 Å². The Kier molecular flexibility index (Phi) is 1.93. The highest BCUT2D eigenvalue weighted by Gasteiger charge is 2.56. The molecule has 80 valence electrons. The van der Waals surface area contributed by atoms with Crippen LogP contribution in [0.1, 0.15) is 36.8 Å². The number of nitrogens with two attached hydrogens (primary N) is 1. The molecular formula is C14H19N. The molecule has 2 aliphatic rings. The van der Waals surface area contributed by atoms with Gasteiger partial charge in [0.1, 0.15) is 0 Å². The number of benzene rings is 1. The van der Waals surface area contributed by atoms with E-state index in [1.807, 2.05) is 0 Å². The molecule has 0 saturated heterocycles. The molecule has 3 atom stereocenters. The lowest BCUT2D eigenvalue weighted by molar-refractivity contribution is 0.383. The summed E-state index contributed by atoms with van der Waals surface area (Å²) in [5, 5.41) is 0. The van der Waals surface area contributed by atoms with Gasteiger partial charge in [-0.1, -0.05) is 29.8 Å². The maximum Gasteiger partial charge on any atom is 0.00421 e. The zero-order chi connectivity index (χ0) is 10.5. The van der Waals surface area contributed by atoms with E-state index in [9.17, 15) is 0 Å². The van der Waals surface area contributed by atoms with Crippen LogP contribution >= 0.6 is 0 Å². The molecule has 1 aromatic rings. The number of hydrogen-bond donors (Lipinski definition) is 1. The lowest BCUT2D eigenvalue weighted by atomic mass is 9.80. The molecule has 0 aromatic heterocycles. The molecule has 3 unspecified atom stereocenters. The highest BCUT2D eigenvalue weighted by molar-refractivity contribution is 5.37. The Balaban J connectivity index is 1.90. The first kappa shape index (κ1) is 9.41. The van der Waals surface area contributed by atoms with Crippen LogP contribution in [0.3, 0.4) is 0 Å². The summed E-state index contributed by atoms with van der Waals surface area (Å²) in [4.78, 5) is 0. The molecule has 0 bridgehead atoms. The third kappa shape index (κ3) is 1.41. The molecule has 1 heteroatoms. The molecule has 1 aromatic carbocycles. The van der Waals surface area contributed by atoms with Gasteiger partial charge in [0.15, 0.2) is 0 Å². The van der Waals surface area contributed by atoms with Crippen molar-refractivity contribution in [3.8, 4) is 0 Å². The van der Waals surface area contributed by atoms with Crippen molar-refractivity contribution in [3.63, 3.8) is 0 Å². The second kappa shape index (κ2) is 3.08. The highest BCUT2D eigenvalue weighted by atomic mass is 14.7. The fourth-order valence-electron chi connectivity index (χ4n) is 3.37. The Morgan fingerprint density at radius 3 is 3.00 bits per heavy atom. The Morgan fingerprint density at radius 2 is 2.27 bits per heavy atom. The van der Waals surface area contributed by atoms with Gasteiger partial charge in [-0.3, -0.25) is 0 Å². The van der Waals surface area contributed by atoms with Gasteiger partial charge in [-0.05, 0) is 49.5 Å². The van der Waals surface area contributed by atoms with Crippen molar-refractivity contribution in [1.29, 1.82) is 0 Å². The van der Waals surface area contributed by atoms with Gasteiger partial charge < -0.3 is 5.73 Å². The summed E-state index contributed by atoms with van der Waals surface area (Å²) in [5.74, 6) is 0.878. The maximum atomic E-state index is 6.02. The van der Waals surface area contributed by atoms with Gasteiger partial charge in [0.05, 0.1) is 0 Å². The van der Waals surface area contributed by atoms with Gasteiger partial charge in [-0.15, -0.1) is 0 Å². The van der Waals surface area contributed by atoms with Crippen molar-refractivity contribution in [1.82, 2.24) is 0 Å². The van der Waals surface area contributed by atoms with E-state index < -0.39 is 0 Å². The molecule has 2 N–H and O–H groups in total. The molecule has 0 heterocycles. The average molecular weight is 201 g/mol. The van der Waals surface area contributed by atoms with Crippen LogP contribution in [0, 0.1) is 12.8 Å². The van der Waals surface area contributed by atoms with Gasteiger partial charge in [0, 0.05) is 6.04 Å². The standard InChI is InChI=1S/C14H19N/c1-10-3-2-4-11(7-10)14-6-5-13(15)8-12(14)9-14/h2-4,7,12-13H,5-6,8-9,15H2,1H3. The minimum atomic E-state index is 0.468. The van der Waals surface area contributed by atoms with Crippen molar-refractivity contribution in [2.24, 2.45) is 11.7 Å². The third-order valence-corrected chi connectivity index (χ3v) is 4.37. The Hall–Kier alpha value is -0.820. The number of hydrogen-bond acceptors (Lipinski definition) is 1. The van der Waals surface area contributed by atoms with E-state index in [-0.39, 0.29) is 0 Å². The van der Waals surface area contributed by atoms with Crippen molar-refractivity contribution >= 4 is 0 Å². The third-order valence-electron chi connectivity index (χ3n) is 4.37. The first-order valence-corrected chi connectivity index (χ1v) is 6.03. The summed E-state index contributed by atoms with van der Waals surface area (Å²) in [6, 6.07) is 9.53. The van der Waals surface area contributed by atoms with Crippen LogP contribution in [0.5, 0.6) is 0 Å². The van der Waals surface area contributed by atoms with Crippen LogP contribution in [-0.4, -0.2) is 6.04 Å². The molecular weight excluding hydrogens is 182 g/mol. The topological polar surface area (TPSA) is 26.0 Å². The predicted molar refractivity (Wildman–Crippen MR) is 62.8 cm³/mol. The average Bonchev–Trinajstić information content (AvgIpc) is 2.92. The lowest BCUT2D eigenvalue weighted by Gasteiger charge is -2.26. The zero-order valence-corrected chi connectivity index (χ0v) is 9.37. The Bertz CT molecular complexity index is 385. The van der Waals surface area contributed by atoms with Crippen molar-refractivity contribution in [2.75, 3.05) is 0 Å². The normalized spacial score (nSPS) is 38.5. The smallest absolute Gasteiger partial charge is 0.00421 e. The number of fused-ring (bicyclic) bond motifs is 1. The van der Waals surface area contributed by atoms with Crippen molar-refractivity contribution in [2.45, 2.75) is 44.1 Å². The van der Waals surface area contributed by atoms with Gasteiger partial charge in [-0.25, -0.2) is 0 Å². The molecule has 2 saturated carbocycles. The first-order chi connectivity index (χ1) is 7.21. The molecule has 2 aliphatic carbocycles. The van der Waals surface area contributed by atoms with E-state index >= 15 is 0 Å². The van der Waals surface area contributed by atoms with Crippen LogP contribution in [0.25, 0.3) is 0 Å². The van der Waals surface area contributed by atoms with Crippen LogP contribution in [0.4, 0.5) is 0 Å². The summed E-state index contributed by atoms with van der Waals surface area (Å²) < 4.78 is 0. The van der Waals surface area contributed by atoms with E-state index in [0.717, 1.165) is 5.92 Å². The van der Waals surface area contributed by atoms with Gasteiger partial charge in [0.25, 0.3) is 0 Å². The van der Waals surface area contributed by atoms with E-state index in [1.54, 1.807) is 5.56 Å². The Labute approximate surface area is 91.7 Å². The highest BCUT2D eigenvalue weighted by Crippen LogP contribution is 2.62. The fraction of sp³-hybridized carbons (Fsp3) is 0.571. The van der Waals surface area contributed by atoms with Crippen LogP contribution in [0.2, 0.25) is 0 Å². The summed E-state index contributed by atoms with van der Waals surface area (Å²) >= 11 is 0. The molecule has 0 spiro atoms. The number of aryl methyl sites for hydroxylation is 1. The molecule has 3 rings (SSSR count). The summed E-state index contributed by atoms with van der Waals surface area (Å²) in [6.07, 6.45) is 5.14. The van der Waals surface area contributed by atoms with Crippen LogP contribution in [-0.2, 0) is 5.41 Å². The minimum absolute atomic E-state index is 0.468. The second-order valence-corrected chi connectivity index (χ2v) is 5.46. The molecule has 0 amide bonds. The number of rotatable bonds is 1. The SMILES string of the molecule is Cc1cccc(C23CCC(N)CC2C3)c1. The lowest BCUT2D eigenvalue weighted by Crippen LogP contribution is -2.29. The van der Waals surface area contributed by atoms with Crippen molar-refractivity contribution < 1.29 is 0 Å². The minimum Gasteiger partial charge on any atom is -0.328 e. The quantitative estimate of drug-likeness (QED) is 0.743. The molecule has 0 radical (unpaired) electrons. The van der Waals surface area contributed by atoms with Gasteiger partial charge >= 0.3 is 0 Å². The maximum absolute atomic E-state index is 6.02. The predicted octanol–water partition coefficient (Wildman–Crippen LogP) is 2.76. The monoisotopic (exact) mass is 201 g/mol. The van der Waals surface area contributed by atoms with E-state index in [4.69, 9.17) is 5.73 Å². The fourth-order valence-corrected chi connectivity index (χ4v) is 3.37. The molecule has 2 fully saturated rings. The van der Waals surface area contributed by atoms with E-state index in [1.165, 1.54) is 31.2 Å². The molecule has 15 heavy (non-hydrogen) atoms. The largest absolute Gasteiger partial charge is 0.328 e. The first-order valence-electron chi connectivity index (χ1n) is 6.03.